The van der Waals surface area contributed by atoms with E-state index in [1.165, 1.54) is 22.3 Å². The van der Waals surface area contributed by atoms with Crippen molar-refractivity contribution in [1.82, 2.24) is 19.9 Å². The van der Waals surface area contributed by atoms with Gasteiger partial charge in [-0.2, -0.15) is 0 Å². The predicted molar refractivity (Wildman–Crippen MR) is 272 cm³/mol. The van der Waals surface area contributed by atoms with Gasteiger partial charge in [0.1, 0.15) is 23.1 Å². The molecule has 0 amide bonds. The van der Waals surface area contributed by atoms with Crippen molar-refractivity contribution in [3.8, 4) is 79.3 Å². The van der Waals surface area contributed by atoms with Gasteiger partial charge in [0.05, 0.1) is 43.1 Å². The molecule has 8 aromatic rings. The third-order valence-corrected chi connectivity index (χ3v) is 12.1. The number of esters is 1. The van der Waals surface area contributed by atoms with E-state index in [9.17, 15) is 4.79 Å². The fraction of sp³-hybridized carbons (Fsp3) is 0.237. The van der Waals surface area contributed by atoms with Crippen molar-refractivity contribution in [3.05, 3.63) is 180 Å². The first-order valence-electron chi connectivity index (χ1n) is 23.7. The number of H-pyrrole nitrogens is 2. The molecule has 4 aliphatic carbocycles. The van der Waals surface area contributed by atoms with Gasteiger partial charge in [-0.3, -0.25) is 0 Å². The number of nitrogens with zero attached hydrogens (tertiary/aromatic N) is 2. The van der Waals surface area contributed by atoms with Crippen LogP contribution >= 0.6 is 0 Å². The molecule has 0 aliphatic heterocycles. The topological polar surface area (TPSA) is 102 Å². The van der Waals surface area contributed by atoms with Gasteiger partial charge < -0.3 is 24.2 Å². The lowest BCUT2D eigenvalue weighted by atomic mass is 9.90. The summed E-state index contributed by atoms with van der Waals surface area (Å²) in [4.78, 5) is 29.9. The number of nitrogens with one attached hydrogen (secondary N) is 2. The maximum atomic E-state index is 11.6. The van der Waals surface area contributed by atoms with Crippen LogP contribution in [-0.2, 0) is 35.2 Å². The van der Waals surface area contributed by atoms with Crippen LogP contribution < -0.4 is 9.47 Å². The van der Waals surface area contributed by atoms with Crippen molar-refractivity contribution in [2.24, 2.45) is 0 Å². The van der Waals surface area contributed by atoms with Crippen LogP contribution in [-0.4, -0.2) is 46.2 Å². The Morgan fingerprint density at radius 2 is 1.01 bits per heavy atom. The Kier molecular flexibility index (Phi) is 15.2. The number of carbonyl (C=O) groups is 1. The summed E-state index contributed by atoms with van der Waals surface area (Å²) in [5.74, 6) is 3.02. The monoisotopic (exact) mass is 888 g/mol. The smallest absolute Gasteiger partial charge is 0.333 e. The number of imidazole rings is 2. The molecule has 340 valence electrons. The van der Waals surface area contributed by atoms with E-state index in [2.05, 4.69) is 132 Å². The molecule has 0 radical (unpaired) electrons. The number of ether oxygens (including phenoxy) is 3. The van der Waals surface area contributed by atoms with E-state index in [0.29, 0.717) is 18.8 Å². The molecule has 12 rings (SSSR count). The second-order valence-corrected chi connectivity index (χ2v) is 16.8. The molecular formula is C59H60N4O4. The van der Waals surface area contributed by atoms with Crippen LogP contribution in [0.25, 0.3) is 67.8 Å². The number of benzene rings is 6. The van der Waals surface area contributed by atoms with E-state index < -0.39 is 0 Å². The zero-order valence-corrected chi connectivity index (χ0v) is 39.2. The van der Waals surface area contributed by atoms with Gasteiger partial charge in [-0.25, -0.2) is 14.8 Å². The lowest BCUT2D eigenvalue weighted by Crippen LogP contribution is -2.06. The molecule has 2 heterocycles. The van der Waals surface area contributed by atoms with Gasteiger partial charge in [-0.1, -0.05) is 105 Å². The molecule has 0 spiro atoms. The molecule has 0 fully saturated rings. The van der Waals surface area contributed by atoms with E-state index in [4.69, 9.17) is 24.2 Å². The highest BCUT2D eigenvalue weighted by molar-refractivity contribution is 5.87. The van der Waals surface area contributed by atoms with Crippen molar-refractivity contribution in [1.29, 1.82) is 0 Å². The van der Waals surface area contributed by atoms with Gasteiger partial charge in [0.25, 0.3) is 0 Å². The van der Waals surface area contributed by atoms with Gasteiger partial charge in [0, 0.05) is 39.0 Å². The number of rotatable bonds is 16. The summed E-state index contributed by atoms with van der Waals surface area (Å²) in [6, 6.07) is 51.2. The highest BCUT2D eigenvalue weighted by Crippen LogP contribution is 2.38. The molecule has 67 heavy (non-hydrogen) atoms. The zero-order valence-electron chi connectivity index (χ0n) is 39.2. The number of methoxy groups -OCH3 is 1. The van der Waals surface area contributed by atoms with E-state index in [1.54, 1.807) is 14.0 Å². The van der Waals surface area contributed by atoms with Crippen LogP contribution in [0.5, 0.6) is 11.5 Å². The zero-order chi connectivity index (χ0) is 46.5. The van der Waals surface area contributed by atoms with Crippen LogP contribution in [0.3, 0.4) is 0 Å². The Bertz CT molecular complexity index is 2840. The fourth-order valence-electron chi connectivity index (χ4n) is 8.53. The first-order valence-corrected chi connectivity index (χ1v) is 23.7. The molecular weight excluding hydrogens is 829 g/mol. The van der Waals surface area contributed by atoms with Crippen molar-refractivity contribution in [3.63, 3.8) is 0 Å². The van der Waals surface area contributed by atoms with Crippen LogP contribution in [0.1, 0.15) is 68.7 Å². The first-order chi connectivity index (χ1) is 32.9. The van der Waals surface area contributed by atoms with Gasteiger partial charge in [-0.15, -0.1) is 0 Å². The lowest BCUT2D eigenvalue weighted by molar-refractivity contribution is -0.139. The van der Waals surface area contributed by atoms with Gasteiger partial charge in [0.2, 0.25) is 0 Å². The SMILES string of the molecule is C=C(C)C(=O)OCCCCCCOc1ccc(-c2[nH]c(-c3cc4ccc3CCc3ccc(cc3-c3nc(-c5ccccc5)c(-c5ccccc5)[nH]3)CC4)nc2-c2ccc(OC)cc2)cc1.CC. The van der Waals surface area contributed by atoms with Crippen LogP contribution in [0.15, 0.2) is 158 Å². The van der Waals surface area contributed by atoms with Crippen molar-refractivity contribution < 1.29 is 19.0 Å². The predicted octanol–water partition coefficient (Wildman–Crippen LogP) is 14.1. The Hall–Kier alpha value is -7.45. The summed E-state index contributed by atoms with van der Waals surface area (Å²) in [7, 11) is 1.69. The van der Waals surface area contributed by atoms with E-state index in [-0.39, 0.29) is 5.97 Å². The number of aryl methyl sites for hydroxylation is 4. The number of hydrogen-bond acceptors (Lipinski definition) is 6. The molecule has 0 saturated heterocycles. The second-order valence-electron chi connectivity index (χ2n) is 16.8. The van der Waals surface area contributed by atoms with Crippen LogP contribution in [0.2, 0.25) is 0 Å². The summed E-state index contributed by atoms with van der Waals surface area (Å²) < 4.78 is 16.9. The molecule has 0 unspecified atom stereocenters. The number of hydrogen-bond donors (Lipinski definition) is 2. The lowest BCUT2D eigenvalue weighted by Gasteiger charge is -2.16. The molecule has 0 atom stereocenters. The summed E-state index contributed by atoms with van der Waals surface area (Å²) in [5, 5.41) is 0. The molecule has 2 aromatic heterocycles. The summed E-state index contributed by atoms with van der Waals surface area (Å²) in [6.45, 7) is 10.3. The maximum Gasteiger partial charge on any atom is 0.333 e. The Labute approximate surface area is 395 Å². The minimum Gasteiger partial charge on any atom is -0.497 e. The molecule has 6 aromatic carbocycles. The highest BCUT2D eigenvalue weighted by Gasteiger charge is 2.22. The van der Waals surface area contributed by atoms with E-state index >= 15 is 0 Å². The first kappa shape index (κ1) is 46.1. The van der Waals surface area contributed by atoms with E-state index in [0.717, 1.165) is 131 Å². The van der Waals surface area contributed by atoms with Crippen molar-refractivity contribution >= 4 is 5.97 Å². The summed E-state index contributed by atoms with van der Waals surface area (Å²) in [6.07, 6.45) is 7.15. The molecule has 2 N–H and O–H groups in total. The normalized spacial score (nSPS) is 11.8. The largest absolute Gasteiger partial charge is 0.497 e. The third-order valence-electron chi connectivity index (χ3n) is 12.1. The van der Waals surface area contributed by atoms with Crippen molar-refractivity contribution in [2.45, 2.75) is 72.1 Å². The Morgan fingerprint density at radius 1 is 0.552 bits per heavy atom. The van der Waals surface area contributed by atoms with Gasteiger partial charge >= 0.3 is 5.97 Å². The minimum absolute atomic E-state index is 0.326. The average Bonchev–Trinajstić information content (AvgIpc) is 4.03. The second kappa shape index (κ2) is 22.2. The van der Waals surface area contributed by atoms with Crippen molar-refractivity contribution in [2.75, 3.05) is 20.3 Å². The molecule has 0 saturated carbocycles. The quantitative estimate of drug-likeness (QED) is 0.0569. The Morgan fingerprint density at radius 3 is 1.54 bits per heavy atom. The number of unbranched alkanes of at least 4 members (excludes halogenated alkanes) is 3. The van der Waals surface area contributed by atoms with Gasteiger partial charge in [-0.05, 0) is 141 Å². The minimum atomic E-state index is -0.326. The fourth-order valence-corrected chi connectivity index (χ4v) is 8.53. The highest BCUT2D eigenvalue weighted by atomic mass is 16.5. The molecule has 8 nitrogen and oxygen atoms in total. The third kappa shape index (κ3) is 11.2. The molecule has 8 heteroatoms. The Balaban J connectivity index is 0.00000300. The van der Waals surface area contributed by atoms with Gasteiger partial charge in [0.15, 0.2) is 0 Å². The van der Waals surface area contributed by atoms with E-state index in [1.807, 2.05) is 44.2 Å². The number of carbonyl (C=O) groups excluding carboxylic acids is 1. The number of aromatic amines is 2. The van der Waals surface area contributed by atoms with Crippen LogP contribution in [0, 0.1) is 0 Å². The summed E-state index contributed by atoms with van der Waals surface area (Å²) >= 11 is 0. The maximum absolute atomic E-state index is 11.6. The molecule has 4 bridgehead atoms. The van der Waals surface area contributed by atoms with Crippen LogP contribution in [0.4, 0.5) is 0 Å². The summed E-state index contributed by atoms with van der Waals surface area (Å²) in [5.41, 5.74) is 15.7. The molecule has 4 aliphatic rings. The number of aromatic nitrogens is 4. The average molecular weight is 889 g/mol. The standard InChI is InChI=1S/C57H54N4O4.C2H6/c1-38(2)57(62)65-35-13-5-4-12-34-64-48-32-28-46(29-33-48)54-53(45-26-30-47(63-3)31-27-45)60-56(61-54)50-37-40-19-18-39-20-22-41(24-25-42(50)23-21-40)49(36-39)55-58-51(43-14-8-6-9-15-43)52(59-55)44-16-10-7-11-17-44;1-2/h6-11,14-17,20-23,26-33,36-37H,1,4-5,12-13,18-19,24-25,34-35H2,2-3H3,(H,58,59)(H,60,61);1-2H3.